The zero-order chi connectivity index (χ0) is 12.4. The van der Waals surface area contributed by atoms with E-state index in [2.05, 4.69) is 27.5 Å². The second kappa shape index (κ2) is 5.65. The maximum atomic E-state index is 5.94. The van der Waals surface area contributed by atoms with Crippen molar-refractivity contribution in [2.45, 2.75) is 38.0 Å². The lowest BCUT2D eigenvalue weighted by molar-refractivity contribution is -0.0477. The maximum Gasteiger partial charge on any atom is 0.0827 e. The van der Waals surface area contributed by atoms with Gasteiger partial charge >= 0.3 is 0 Å². The summed E-state index contributed by atoms with van der Waals surface area (Å²) in [6, 6.07) is 1.01. The number of hydrogen-bond donors (Lipinski definition) is 1. The number of morpholine rings is 1. The standard InChI is InChI=1S/C13H21N3OS/c1-10(13-8-18-9-15-13)14-5-12-6-16-4-2-3-11(16)7-17-12/h8-12,14H,2-7H2,1H3. The molecule has 0 spiro atoms. The lowest BCUT2D eigenvalue weighted by Crippen LogP contribution is -2.49. The third-order valence-electron chi connectivity index (χ3n) is 4.01. The average molecular weight is 267 g/mol. The molecule has 0 radical (unpaired) electrons. The van der Waals surface area contributed by atoms with Crippen LogP contribution in [0.25, 0.3) is 0 Å². The third-order valence-corrected chi connectivity index (χ3v) is 4.61. The van der Waals surface area contributed by atoms with Crippen molar-refractivity contribution in [3.63, 3.8) is 0 Å². The van der Waals surface area contributed by atoms with Gasteiger partial charge in [-0.1, -0.05) is 0 Å². The van der Waals surface area contributed by atoms with Crippen LogP contribution in [0.4, 0.5) is 0 Å². The molecule has 2 aliphatic rings. The Morgan fingerprint density at radius 2 is 2.61 bits per heavy atom. The second-order valence-electron chi connectivity index (χ2n) is 5.29. The molecule has 0 aromatic carbocycles. The fraction of sp³-hybridized carbons (Fsp3) is 0.769. The molecule has 1 aromatic rings. The normalized spacial score (nSPS) is 30.3. The van der Waals surface area contributed by atoms with E-state index in [1.165, 1.54) is 19.4 Å². The zero-order valence-corrected chi connectivity index (χ0v) is 11.7. The van der Waals surface area contributed by atoms with E-state index in [1.54, 1.807) is 11.3 Å². The summed E-state index contributed by atoms with van der Waals surface area (Å²) in [6.45, 7) is 6.34. The van der Waals surface area contributed by atoms with Gasteiger partial charge in [-0.2, -0.15) is 0 Å². The van der Waals surface area contributed by atoms with Gasteiger partial charge in [0.05, 0.1) is 23.9 Å². The number of rotatable bonds is 4. The van der Waals surface area contributed by atoms with Crippen LogP contribution < -0.4 is 5.32 Å². The topological polar surface area (TPSA) is 37.4 Å². The summed E-state index contributed by atoms with van der Waals surface area (Å²) in [7, 11) is 0. The molecule has 0 aliphatic carbocycles. The van der Waals surface area contributed by atoms with Crippen LogP contribution in [0.5, 0.6) is 0 Å². The van der Waals surface area contributed by atoms with Gasteiger partial charge in [0, 0.05) is 30.6 Å². The highest BCUT2D eigenvalue weighted by Crippen LogP contribution is 2.22. The number of hydrogen-bond acceptors (Lipinski definition) is 5. The van der Waals surface area contributed by atoms with E-state index in [4.69, 9.17) is 4.74 Å². The van der Waals surface area contributed by atoms with Crippen molar-refractivity contribution >= 4 is 11.3 Å². The van der Waals surface area contributed by atoms with Gasteiger partial charge in [-0.3, -0.25) is 4.90 Å². The molecule has 3 atom stereocenters. The van der Waals surface area contributed by atoms with E-state index in [1.807, 2.05) is 5.51 Å². The van der Waals surface area contributed by atoms with E-state index in [0.717, 1.165) is 25.4 Å². The molecule has 3 unspecified atom stereocenters. The number of thiazole rings is 1. The fourth-order valence-electron chi connectivity index (χ4n) is 2.86. The van der Waals surface area contributed by atoms with E-state index in [9.17, 15) is 0 Å². The van der Waals surface area contributed by atoms with Crippen LogP contribution in [0.15, 0.2) is 10.9 Å². The Morgan fingerprint density at radius 3 is 3.44 bits per heavy atom. The summed E-state index contributed by atoms with van der Waals surface area (Å²) in [4.78, 5) is 6.92. The van der Waals surface area contributed by atoms with Gasteiger partial charge in [0.15, 0.2) is 0 Å². The average Bonchev–Trinajstić information content (AvgIpc) is 3.05. The zero-order valence-electron chi connectivity index (χ0n) is 10.8. The summed E-state index contributed by atoms with van der Waals surface area (Å²) in [6.07, 6.45) is 2.99. The minimum atomic E-state index is 0.316. The van der Waals surface area contributed by atoms with Gasteiger partial charge in [0.25, 0.3) is 0 Å². The molecule has 3 heterocycles. The van der Waals surface area contributed by atoms with Crippen LogP contribution in [-0.2, 0) is 4.74 Å². The predicted octanol–water partition coefficient (Wildman–Crippen LogP) is 1.66. The van der Waals surface area contributed by atoms with Crippen LogP contribution in [0, 0.1) is 0 Å². The minimum absolute atomic E-state index is 0.316. The molecule has 1 N–H and O–H groups in total. The number of nitrogens with one attached hydrogen (secondary N) is 1. The Balaban J connectivity index is 1.46. The highest BCUT2D eigenvalue weighted by atomic mass is 32.1. The van der Waals surface area contributed by atoms with Gasteiger partial charge in [-0.25, -0.2) is 4.98 Å². The fourth-order valence-corrected chi connectivity index (χ4v) is 3.51. The lowest BCUT2D eigenvalue weighted by Gasteiger charge is -2.35. The smallest absolute Gasteiger partial charge is 0.0827 e. The van der Waals surface area contributed by atoms with E-state index in [0.29, 0.717) is 18.2 Å². The van der Waals surface area contributed by atoms with Gasteiger partial charge in [-0.05, 0) is 26.3 Å². The van der Waals surface area contributed by atoms with Crippen molar-refractivity contribution in [1.82, 2.24) is 15.2 Å². The Bertz CT molecular complexity index is 370. The summed E-state index contributed by atoms with van der Waals surface area (Å²) < 4.78 is 5.94. The molecule has 0 amide bonds. The Morgan fingerprint density at radius 1 is 1.67 bits per heavy atom. The number of aromatic nitrogens is 1. The van der Waals surface area contributed by atoms with Crippen LogP contribution in [0.3, 0.4) is 0 Å². The van der Waals surface area contributed by atoms with Gasteiger partial charge in [-0.15, -0.1) is 11.3 Å². The van der Waals surface area contributed by atoms with Crippen molar-refractivity contribution < 1.29 is 4.74 Å². The highest BCUT2D eigenvalue weighted by Gasteiger charge is 2.32. The number of ether oxygens (including phenoxy) is 1. The second-order valence-corrected chi connectivity index (χ2v) is 6.01. The Hall–Kier alpha value is -0.490. The predicted molar refractivity (Wildman–Crippen MR) is 72.9 cm³/mol. The van der Waals surface area contributed by atoms with Crippen molar-refractivity contribution in [3.05, 3.63) is 16.6 Å². The first-order chi connectivity index (χ1) is 8.83. The first-order valence-electron chi connectivity index (χ1n) is 6.80. The number of fused-ring (bicyclic) bond motifs is 1. The molecule has 5 heteroatoms. The first-order valence-corrected chi connectivity index (χ1v) is 7.74. The molecular weight excluding hydrogens is 246 g/mol. The van der Waals surface area contributed by atoms with E-state index < -0.39 is 0 Å². The summed E-state index contributed by atoms with van der Waals surface area (Å²) in [5, 5.41) is 5.63. The summed E-state index contributed by atoms with van der Waals surface area (Å²) in [5.41, 5.74) is 3.02. The third kappa shape index (κ3) is 2.74. The molecule has 2 saturated heterocycles. The van der Waals surface area contributed by atoms with Crippen molar-refractivity contribution in [1.29, 1.82) is 0 Å². The lowest BCUT2D eigenvalue weighted by atomic mass is 10.2. The van der Waals surface area contributed by atoms with E-state index >= 15 is 0 Å². The maximum absolute atomic E-state index is 5.94. The first kappa shape index (κ1) is 12.5. The molecule has 2 fully saturated rings. The summed E-state index contributed by atoms with van der Waals surface area (Å²) in [5.74, 6) is 0. The molecular formula is C13H21N3OS. The van der Waals surface area contributed by atoms with E-state index in [-0.39, 0.29) is 0 Å². The number of nitrogens with zero attached hydrogens (tertiary/aromatic N) is 2. The highest BCUT2D eigenvalue weighted by molar-refractivity contribution is 7.07. The molecule has 0 saturated carbocycles. The van der Waals surface area contributed by atoms with Gasteiger partial charge < -0.3 is 10.1 Å². The van der Waals surface area contributed by atoms with Gasteiger partial charge in [0.1, 0.15) is 0 Å². The van der Waals surface area contributed by atoms with Gasteiger partial charge in [0.2, 0.25) is 0 Å². The molecule has 18 heavy (non-hydrogen) atoms. The van der Waals surface area contributed by atoms with Crippen LogP contribution in [0.2, 0.25) is 0 Å². The monoisotopic (exact) mass is 267 g/mol. The Kier molecular flexibility index (Phi) is 3.94. The molecule has 2 aliphatic heterocycles. The minimum Gasteiger partial charge on any atom is -0.374 e. The molecule has 0 bridgehead atoms. The molecule has 1 aromatic heterocycles. The largest absolute Gasteiger partial charge is 0.374 e. The van der Waals surface area contributed by atoms with Crippen molar-refractivity contribution in [2.75, 3.05) is 26.2 Å². The van der Waals surface area contributed by atoms with Crippen molar-refractivity contribution in [3.8, 4) is 0 Å². The van der Waals surface area contributed by atoms with Crippen LogP contribution >= 0.6 is 11.3 Å². The quantitative estimate of drug-likeness (QED) is 0.900. The summed E-state index contributed by atoms with van der Waals surface area (Å²) >= 11 is 1.65. The molecule has 4 nitrogen and oxygen atoms in total. The van der Waals surface area contributed by atoms with Crippen molar-refractivity contribution in [2.24, 2.45) is 0 Å². The Labute approximate surface area is 112 Å². The molecule has 100 valence electrons. The molecule has 3 rings (SSSR count). The SMILES string of the molecule is CC(NCC1CN2CCCC2CO1)c1cscn1. The van der Waals surface area contributed by atoms with Crippen LogP contribution in [0.1, 0.15) is 31.5 Å². The van der Waals surface area contributed by atoms with Crippen LogP contribution in [-0.4, -0.2) is 48.3 Å².